The molecule has 104 valence electrons. The number of rotatable bonds is 6. The number of hydrogen-bond donors (Lipinski definition) is 2. The van der Waals surface area contributed by atoms with Crippen molar-refractivity contribution in [2.45, 2.75) is 44.8 Å². The third-order valence-electron chi connectivity index (χ3n) is 3.48. The summed E-state index contributed by atoms with van der Waals surface area (Å²) in [7, 11) is -2.10. The molecule has 17 heavy (non-hydrogen) atoms. The quantitative estimate of drug-likeness (QED) is 0.728. The van der Waals surface area contributed by atoms with Crippen molar-refractivity contribution in [3.05, 3.63) is 0 Å². The molecule has 0 unspecified atom stereocenters. The first kappa shape index (κ1) is 17.0. The van der Waals surface area contributed by atoms with Crippen LogP contribution in [0.2, 0.25) is 18.1 Å². The van der Waals surface area contributed by atoms with Crippen molar-refractivity contribution in [3.63, 3.8) is 0 Å². The third kappa shape index (κ3) is 4.61. The molecular formula is C11H24F2O3Si. The zero-order valence-corrected chi connectivity index (χ0v) is 12.3. The van der Waals surface area contributed by atoms with Crippen LogP contribution in [0.5, 0.6) is 0 Å². The van der Waals surface area contributed by atoms with E-state index in [2.05, 4.69) is 0 Å². The molecule has 3 nitrogen and oxygen atoms in total. The van der Waals surface area contributed by atoms with Crippen LogP contribution in [0.3, 0.4) is 0 Å². The molecule has 0 rings (SSSR count). The van der Waals surface area contributed by atoms with Gasteiger partial charge in [-0.05, 0) is 18.1 Å². The van der Waals surface area contributed by atoms with Crippen LogP contribution in [0.25, 0.3) is 0 Å². The highest BCUT2D eigenvalue weighted by atomic mass is 28.4. The first-order chi connectivity index (χ1) is 7.48. The van der Waals surface area contributed by atoms with Crippen LogP contribution in [0.1, 0.15) is 20.8 Å². The van der Waals surface area contributed by atoms with E-state index in [-0.39, 0.29) is 11.6 Å². The third-order valence-corrected chi connectivity index (χ3v) is 7.98. The van der Waals surface area contributed by atoms with Gasteiger partial charge in [0, 0.05) is 6.61 Å². The first-order valence-electron chi connectivity index (χ1n) is 5.71. The fourth-order valence-electron chi connectivity index (χ4n) is 0.963. The number of alkyl halides is 2. The first-order valence-corrected chi connectivity index (χ1v) is 8.62. The maximum atomic E-state index is 13.2. The van der Waals surface area contributed by atoms with Gasteiger partial charge in [-0.3, -0.25) is 0 Å². The van der Waals surface area contributed by atoms with Gasteiger partial charge in [-0.25, -0.2) is 8.78 Å². The Balaban J connectivity index is 4.55. The molecule has 1 atom stereocenters. The van der Waals surface area contributed by atoms with Crippen LogP contribution < -0.4 is 0 Å². The molecule has 0 radical (unpaired) electrons. The van der Waals surface area contributed by atoms with E-state index in [1.807, 2.05) is 33.9 Å². The van der Waals surface area contributed by atoms with Crippen LogP contribution >= 0.6 is 0 Å². The number of hydrogen-bond acceptors (Lipinski definition) is 3. The molecular weight excluding hydrogens is 246 g/mol. The van der Waals surface area contributed by atoms with E-state index in [1.54, 1.807) is 0 Å². The van der Waals surface area contributed by atoms with Crippen LogP contribution in [0.4, 0.5) is 8.78 Å². The summed E-state index contributed by atoms with van der Waals surface area (Å²) in [5, 5.41) is 17.4. The van der Waals surface area contributed by atoms with Gasteiger partial charge in [0.25, 0.3) is 5.92 Å². The van der Waals surface area contributed by atoms with Crippen LogP contribution in [0, 0.1) is 5.92 Å². The summed E-state index contributed by atoms with van der Waals surface area (Å²) >= 11 is 0. The Labute approximate surface area is 103 Å². The minimum Gasteiger partial charge on any atom is -0.416 e. The summed E-state index contributed by atoms with van der Waals surface area (Å²) < 4.78 is 32.1. The lowest BCUT2D eigenvalue weighted by atomic mass is 10.1. The second kappa shape index (κ2) is 5.73. The Bertz CT molecular complexity index is 239. The highest BCUT2D eigenvalue weighted by Crippen LogP contribution is 2.37. The minimum absolute atomic E-state index is 0.0680. The maximum Gasteiger partial charge on any atom is 0.277 e. The van der Waals surface area contributed by atoms with E-state index in [1.165, 1.54) is 0 Å². The molecule has 0 aliphatic heterocycles. The Kier molecular flexibility index (Phi) is 5.72. The van der Waals surface area contributed by atoms with Gasteiger partial charge in [0.05, 0.1) is 12.5 Å². The summed E-state index contributed by atoms with van der Waals surface area (Å²) in [5.74, 6) is -4.64. The fourth-order valence-corrected chi connectivity index (χ4v) is 2.01. The number of aliphatic hydroxyl groups excluding tert-OH is 2. The maximum absolute atomic E-state index is 13.2. The standard InChI is InChI=1S/C11H24F2O3Si/c1-10(2,3)17(4,5)16-7-9(6-14)11(12,13)8-15/h9,14-15H,6-8H2,1-5H3/t9-/m0/s1. The van der Waals surface area contributed by atoms with E-state index < -0.39 is 33.4 Å². The van der Waals surface area contributed by atoms with Gasteiger partial charge in [-0.1, -0.05) is 20.8 Å². The van der Waals surface area contributed by atoms with Crippen molar-refractivity contribution in [3.8, 4) is 0 Å². The molecule has 0 spiro atoms. The predicted molar refractivity (Wildman–Crippen MR) is 65.8 cm³/mol. The van der Waals surface area contributed by atoms with Crippen molar-refractivity contribution in [2.75, 3.05) is 19.8 Å². The molecule has 0 bridgehead atoms. The summed E-state index contributed by atoms with van der Waals surface area (Å²) in [4.78, 5) is 0. The van der Waals surface area contributed by atoms with Crippen molar-refractivity contribution >= 4 is 8.32 Å². The summed E-state index contributed by atoms with van der Waals surface area (Å²) in [6.07, 6.45) is 0. The molecule has 0 aromatic carbocycles. The fraction of sp³-hybridized carbons (Fsp3) is 1.00. The Morgan fingerprint density at radius 2 is 1.65 bits per heavy atom. The topological polar surface area (TPSA) is 49.7 Å². The lowest BCUT2D eigenvalue weighted by Gasteiger charge is -2.37. The normalized spacial score (nSPS) is 16.1. The van der Waals surface area contributed by atoms with E-state index >= 15 is 0 Å². The predicted octanol–water partition coefficient (Wildman–Crippen LogP) is 2.24. The van der Waals surface area contributed by atoms with Crippen molar-refractivity contribution in [1.82, 2.24) is 0 Å². The van der Waals surface area contributed by atoms with Crippen LogP contribution in [-0.4, -0.2) is 44.3 Å². The zero-order valence-electron chi connectivity index (χ0n) is 11.3. The van der Waals surface area contributed by atoms with Gasteiger partial charge < -0.3 is 14.6 Å². The SMILES string of the molecule is CC(C)(C)[Si](C)(C)OC[C@H](CO)C(F)(F)CO. The average Bonchev–Trinajstić information content (AvgIpc) is 2.16. The largest absolute Gasteiger partial charge is 0.416 e. The molecule has 0 aliphatic rings. The summed E-state index contributed by atoms with van der Waals surface area (Å²) in [6.45, 7) is 7.77. The Hall–Kier alpha value is -0.0431. The monoisotopic (exact) mass is 270 g/mol. The lowest BCUT2D eigenvalue weighted by Crippen LogP contribution is -2.45. The zero-order chi connectivity index (χ0) is 13.9. The van der Waals surface area contributed by atoms with Gasteiger partial charge in [-0.2, -0.15) is 0 Å². The molecule has 0 saturated carbocycles. The van der Waals surface area contributed by atoms with Crippen molar-refractivity contribution in [2.24, 2.45) is 5.92 Å². The highest BCUT2D eigenvalue weighted by molar-refractivity contribution is 6.74. The number of aliphatic hydroxyl groups is 2. The lowest BCUT2D eigenvalue weighted by molar-refractivity contribution is -0.122. The van der Waals surface area contributed by atoms with E-state index in [0.29, 0.717) is 0 Å². The highest BCUT2D eigenvalue weighted by Gasteiger charge is 2.42. The smallest absolute Gasteiger partial charge is 0.277 e. The summed E-state index contributed by atoms with van der Waals surface area (Å²) in [5.41, 5.74) is 0. The van der Waals surface area contributed by atoms with Crippen molar-refractivity contribution < 1.29 is 23.4 Å². The van der Waals surface area contributed by atoms with Gasteiger partial charge in [0.1, 0.15) is 6.61 Å². The average molecular weight is 270 g/mol. The number of halogens is 2. The molecule has 2 N–H and O–H groups in total. The molecule has 6 heteroatoms. The van der Waals surface area contributed by atoms with E-state index in [9.17, 15) is 8.78 Å². The van der Waals surface area contributed by atoms with E-state index in [0.717, 1.165) is 0 Å². The van der Waals surface area contributed by atoms with Gasteiger partial charge >= 0.3 is 0 Å². The molecule has 0 aliphatic carbocycles. The van der Waals surface area contributed by atoms with Crippen LogP contribution in [-0.2, 0) is 4.43 Å². The molecule has 0 aromatic rings. The molecule has 0 heterocycles. The van der Waals surface area contributed by atoms with E-state index in [4.69, 9.17) is 14.6 Å². The second-order valence-electron chi connectivity index (χ2n) is 5.87. The molecule has 0 amide bonds. The van der Waals surface area contributed by atoms with Crippen LogP contribution in [0.15, 0.2) is 0 Å². The van der Waals surface area contributed by atoms with Gasteiger partial charge in [0.2, 0.25) is 0 Å². The van der Waals surface area contributed by atoms with Crippen molar-refractivity contribution in [1.29, 1.82) is 0 Å². The minimum atomic E-state index is -3.29. The molecule has 0 aromatic heterocycles. The Morgan fingerprint density at radius 1 is 1.18 bits per heavy atom. The van der Waals surface area contributed by atoms with Gasteiger partial charge in [-0.15, -0.1) is 0 Å². The summed E-state index contributed by atoms with van der Waals surface area (Å²) in [6, 6.07) is 0. The molecule has 0 fully saturated rings. The Morgan fingerprint density at radius 3 is 1.94 bits per heavy atom. The molecule has 0 saturated heterocycles. The second-order valence-corrected chi connectivity index (χ2v) is 10.7. The van der Waals surface area contributed by atoms with Gasteiger partial charge in [0.15, 0.2) is 8.32 Å².